The van der Waals surface area contributed by atoms with Gasteiger partial charge in [0.25, 0.3) is 0 Å². The number of hydrogen-bond acceptors (Lipinski definition) is 8. The largest absolute Gasteiger partial charge is 0.507 e. The summed E-state index contributed by atoms with van der Waals surface area (Å²) in [5.74, 6) is -0.491. The molecule has 10 heteroatoms. The molecule has 3 aliphatic rings. The lowest BCUT2D eigenvalue weighted by Gasteiger charge is -2.49. The molecular formula is C42H49NO7S2. The zero-order chi connectivity index (χ0) is 37.4. The highest BCUT2D eigenvalue weighted by molar-refractivity contribution is 8.00. The Kier molecular flexibility index (Phi) is 13.6. The van der Waals surface area contributed by atoms with Crippen molar-refractivity contribution in [2.45, 2.75) is 89.9 Å². The van der Waals surface area contributed by atoms with Crippen LogP contribution in [0.1, 0.15) is 89.2 Å². The molecule has 2 aliphatic heterocycles. The van der Waals surface area contributed by atoms with Gasteiger partial charge in [0.1, 0.15) is 29.6 Å². The van der Waals surface area contributed by atoms with Crippen LogP contribution in [0.15, 0.2) is 89.7 Å². The highest BCUT2D eigenvalue weighted by Crippen LogP contribution is 2.48. The molecule has 2 aromatic rings. The summed E-state index contributed by atoms with van der Waals surface area (Å²) in [6, 6.07) is 12.9. The molecule has 0 radical (unpaired) electrons. The van der Waals surface area contributed by atoms with Crippen LogP contribution in [0.3, 0.4) is 0 Å². The number of unbranched alkanes of at least 4 members (excludes halogenated alkanes) is 2. The van der Waals surface area contributed by atoms with Crippen LogP contribution in [0, 0.1) is 11.8 Å². The van der Waals surface area contributed by atoms with E-state index in [1.165, 1.54) is 22.2 Å². The molecule has 2 N–H and O–H groups in total. The smallest absolute Gasteiger partial charge is 0.352 e. The predicted octanol–water partition coefficient (Wildman–Crippen LogP) is 9.09. The summed E-state index contributed by atoms with van der Waals surface area (Å²) in [7, 11) is 0. The van der Waals surface area contributed by atoms with Crippen LogP contribution < -0.4 is 9.47 Å². The van der Waals surface area contributed by atoms with E-state index in [4.69, 9.17) is 21.7 Å². The van der Waals surface area contributed by atoms with E-state index < -0.39 is 17.3 Å². The van der Waals surface area contributed by atoms with Crippen molar-refractivity contribution in [3.8, 4) is 17.2 Å². The Morgan fingerprint density at radius 2 is 1.94 bits per heavy atom. The summed E-state index contributed by atoms with van der Waals surface area (Å²) in [5.41, 5.74) is 4.56. The first-order valence-electron chi connectivity index (χ1n) is 18.1. The Hall–Kier alpha value is -4.15. The number of carbonyl (C=O) groups is 3. The number of carboxylic acids is 1. The van der Waals surface area contributed by atoms with Gasteiger partial charge in [-0.05, 0) is 99.5 Å². The first kappa shape index (κ1) is 39.1. The summed E-state index contributed by atoms with van der Waals surface area (Å²) in [5, 5.41) is 21.5. The number of aromatic hydroxyl groups is 1. The summed E-state index contributed by atoms with van der Waals surface area (Å²) in [6.45, 7) is 10.4. The van der Waals surface area contributed by atoms with Gasteiger partial charge >= 0.3 is 5.97 Å². The Labute approximate surface area is 316 Å². The van der Waals surface area contributed by atoms with Gasteiger partial charge in [0.15, 0.2) is 10.8 Å². The molecule has 1 saturated heterocycles. The molecule has 1 amide bonds. The number of amides is 1. The third-order valence-corrected chi connectivity index (χ3v) is 11.6. The monoisotopic (exact) mass is 743 g/mol. The van der Waals surface area contributed by atoms with Crippen molar-refractivity contribution in [1.29, 1.82) is 0 Å². The Morgan fingerprint density at radius 1 is 1.17 bits per heavy atom. The van der Waals surface area contributed by atoms with Crippen molar-refractivity contribution < 1.29 is 34.1 Å². The molecule has 0 unspecified atom stereocenters. The summed E-state index contributed by atoms with van der Waals surface area (Å²) >= 11 is 7.17. The van der Waals surface area contributed by atoms with E-state index in [1.54, 1.807) is 18.2 Å². The van der Waals surface area contributed by atoms with Gasteiger partial charge < -0.3 is 19.7 Å². The number of ketones is 1. The zero-order valence-electron chi connectivity index (χ0n) is 30.3. The highest BCUT2D eigenvalue weighted by atomic mass is 32.2. The summed E-state index contributed by atoms with van der Waals surface area (Å²) in [4.78, 5) is 39.4. The number of thiocarbonyl (C=S) groups is 1. The van der Waals surface area contributed by atoms with Gasteiger partial charge in [-0.1, -0.05) is 73.9 Å². The van der Waals surface area contributed by atoms with Crippen LogP contribution in [0.4, 0.5) is 0 Å². The molecular weight excluding hydrogens is 695 g/mol. The SMILES string of the molecule is C=C(C)[C@@H]1CCC(C)=C[C@H]1c1c(O)cc(CCCCC)cc1OC(=S)CC/C=C/C1=C(C(=O)O)N2C(=O)[C@@H](CC(=O)COc3ccccc3)[C@H]2SC1. The maximum absolute atomic E-state index is 13.1. The second-order valence-electron chi connectivity index (χ2n) is 14.0. The number of β-lactam (4-membered cyclic amide) rings is 1. The lowest BCUT2D eigenvalue weighted by molar-refractivity contribution is -0.154. The van der Waals surface area contributed by atoms with Gasteiger partial charge in [0.05, 0.1) is 11.3 Å². The van der Waals surface area contributed by atoms with Gasteiger partial charge in [0, 0.05) is 30.1 Å². The molecule has 1 fully saturated rings. The summed E-state index contributed by atoms with van der Waals surface area (Å²) < 4.78 is 11.9. The lowest BCUT2D eigenvalue weighted by atomic mass is 9.73. The normalized spacial score (nSPS) is 21.3. The fourth-order valence-corrected chi connectivity index (χ4v) is 8.80. The molecule has 0 aromatic heterocycles. The number of aryl methyl sites for hydroxylation is 1. The fourth-order valence-electron chi connectivity index (χ4n) is 7.21. The van der Waals surface area contributed by atoms with Crippen LogP contribution >= 0.6 is 24.0 Å². The molecule has 5 rings (SSSR count). The number of fused-ring (bicyclic) bond motifs is 1. The standard InChI is InChI=1S/C42H49NO7S2/c1-5-6-8-13-28-21-35(45)38(33-20-27(4)18-19-32(33)26(2)3)36(22-28)50-37(51)17-12-11-14-29-25-52-41-34(40(46)43(41)39(29)42(47)48)23-30(44)24-49-31-15-9-7-10-16-31/h7,9-11,14-16,20-22,32-34,41,45H,2,5-6,8,12-13,17-19,23-25H2,1,3-4H3,(H,47,48)/b14-11+/t32-,33+,34+,41+/m0/s1. The fraction of sp³-hybridized carbons (Fsp3) is 0.429. The van der Waals surface area contributed by atoms with Crippen LogP contribution in [-0.2, 0) is 20.8 Å². The van der Waals surface area contributed by atoms with Crippen LogP contribution in [0.5, 0.6) is 17.2 Å². The summed E-state index contributed by atoms with van der Waals surface area (Å²) in [6.07, 6.45) is 12.7. The molecule has 276 valence electrons. The number of aliphatic carboxylic acids is 1. The average molecular weight is 744 g/mol. The van der Waals surface area contributed by atoms with Gasteiger partial charge in [-0.2, -0.15) is 0 Å². The number of carboxylic acid groups (broad SMARTS) is 1. The minimum Gasteiger partial charge on any atom is -0.507 e. The Morgan fingerprint density at radius 3 is 2.65 bits per heavy atom. The number of nitrogens with zero attached hydrogens (tertiary/aromatic N) is 1. The van der Waals surface area contributed by atoms with Gasteiger partial charge in [-0.3, -0.25) is 14.5 Å². The molecule has 52 heavy (non-hydrogen) atoms. The number of para-hydroxylation sites is 1. The third kappa shape index (κ3) is 9.44. The Bertz CT molecular complexity index is 1780. The second kappa shape index (κ2) is 18.1. The number of phenols is 1. The number of phenolic OH excluding ortho intramolecular Hbond substituents is 1. The predicted molar refractivity (Wildman–Crippen MR) is 210 cm³/mol. The van der Waals surface area contributed by atoms with Crippen molar-refractivity contribution in [2.24, 2.45) is 11.8 Å². The lowest BCUT2D eigenvalue weighted by Crippen LogP contribution is -2.61. The quantitative estimate of drug-likeness (QED) is 0.0709. The molecule has 1 aliphatic carbocycles. The maximum Gasteiger partial charge on any atom is 0.352 e. The van der Waals surface area contributed by atoms with E-state index >= 15 is 0 Å². The molecule has 8 nitrogen and oxygen atoms in total. The first-order chi connectivity index (χ1) is 25.0. The van der Waals surface area contributed by atoms with Crippen LogP contribution in [-0.4, -0.2) is 55.6 Å². The highest BCUT2D eigenvalue weighted by Gasteiger charge is 2.53. The molecule has 0 bridgehead atoms. The van der Waals surface area contributed by atoms with Crippen LogP contribution in [0.25, 0.3) is 0 Å². The number of thioether (sulfide) groups is 1. The average Bonchev–Trinajstić information content (AvgIpc) is 3.11. The minimum absolute atomic E-state index is 0.000973. The number of hydrogen-bond donors (Lipinski definition) is 2. The number of Topliss-reactive ketones (excluding diaryl/α,β-unsaturated/α-hetero) is 1. The topological polar surface area (TPSA) is 113 Å². The second-order valence-corrected chi connectivity index (χ2v) is 15.5. The molecule has 4 atom stereocenters. The maximum atomic E-state index is 13.1. The number of rotatable bonds is 17. The minimum atomic E-state index is -1.18. The van der Waals surface area contributed by atoms with E-state index in [9.17, 15) is 24.6 Å². The van der Waals surface area contributed by atoms with E-state index in [-0.39, 0.29) is 48.0 Å². The number of benzene rings is 2. The molecule has 2 heterocycles. The Balaban J connectivity index is 1.24. The van der Waals surface area contributed by atoms with Crippen molar-refractivity contribution >= 4 is 46.7 Å². The van der Waals surface area contributed by atoms with Gasteiger partial charge in [-0.25, -0.2) is 4.79 Å². The van der Waals surface area contributed by atoms with Crippen molar-refractivity contribution in [1.82, 2.24) is 4.90 Å². The van der Waals surface area contributed by atoms with E-state index in [1.807, 2.05) is 43.3 Å². The van der Waals surface area contributed by atoms with Crippen molar-refractivity contribution in [2.75, 3.05) is 12.4 Å². The van der Waals surface area contributed by atoms with Crippen LogP contribution in [0.2, 0.25) is 0 Å². The zero-order valence-corrected chi connectivity index (χ0v) is 31.9. The molecule has 2 aromatic carbocycles. The van der Waals surface area contributed by atoms with Crippen molar-refractivity contribution in [3.63, 3.8) is 0 Å². The third-order valence-electron chi connectivity index (χ3n) is 9.92. The van der Waals surface area contributed by atoms with E-state index in [0.717, 1.165) is 55.2 Å². The van der Waals surface area contributed by atoms with Gasteiger partial charge in [0.2, 0.25) is 5.91 Å². The van der Waals surface area contributed by atoms with E-state index in [0.29, 0.717) is 40.7 Å². The molecule has 0 spiro atoms. The first-order valence-corrected chi connectivity index (χ1v) is 19.6. The molecule has 0 saturated carbocycles. The number of ether oxygens (including phenoxy) is 2. The van der Waals surface area contributed by atoms with Crippen molar-refractivity contribution in [3.05, 3.63) is 101 Å². The van der Waals surface area contributed by atoms with E-state index in [2.05, 4.69) is 26.5 Å². The number of allylic oxidation sites excluding steroid dienone is 5. The number of carbonyl (C=O) groups excluding carboxylic acids is 2. The van der Waals surface area contributed by atoms with Gasteiger partial charge in [-0.15, -0.1) is 11.8 Å².